The van der Waals surface area contributed by atoms with E-state index < -0.39 is 61.1 Å². The Balaban J connectivity index is 5.92. The minimum absolute atomic E-state index is 2.14. The van der Waals surface area contributed by atoms with Gasteiger partial charge in [0.25, 0.3) is 6.17 Å². The molecule has 0 aliphatic carbocycles. The Bertz CT molecular complexity index is 561. The molecule has 0 N–H and O–H groups in total. The van der Waals surface area contributed by atoms with Crippen LogP contribution in [0.2, 0.25) is 0 Å². The number of alkyl halides is 18. The summed E-state index contributed by atoms with van der Waals surface area (Å²) in [5.74, 6) is -38.4. The molecule has 0 aromatic carbocycles. The summed E-state index contributed by atoms with van der Waals surface area (Å²) in [6.45, 7) is -4.05. The average Bonchev–Trinajstić information content (AvgIpc) is 2.50. The molecule has 29 heavy (non-hydrogen) atoms. The molecule has 0 saturated heterocycles. The second-order valence-corrected chi connectivity index (χ2v) is 5.11. The van der Waals surface area contributed by atoms with Gasteiger partial charge in [-0.2, -0.15) is 65.9 Å². The van der Waals surface area contributed by atoms with Crippen molar-refractivity contribution in [2.75, 3.05) is 6.61 Å². The molecule has 0 aliphatic rings. The number of hydrogen-bond donors (Lipinski definition) is 0. The SMILES string of the molecule is FC(F)C(F)(F)C(F)(F)C(F)(F)C(F)(F)C(F)(F)COC(F)(F)[C@@H](F)C(F)(F)F. The third-order valence-corrected chi connectivity index (χ3v) is 2.97. The zero-order chi connectivity index (χ0) is 24.1. The summed E-state index contributed by atoms with van der Waals surface area (Å²) in [6.07, 6.45) is -24.3. The molecule has 1 nitrogen and oxygen atoms in total. The van der Waals surface area contributed by atoms with E-state index in [1.807, 2.05) is 0 Å². The van der Waals surface area contributed by atoms with Crippen LogP contribution in [0.3, 0.4) is 0 Å². The molecule has 0 heterocycles. The van der Waals surface area contributed by atoms with Crippen molar-refractivity contribution in [3.63, 3.8) is 0 Å². The molecule has 0 unspecified atom stereocenters. The second kappa shape index (κ2) is 7.44. The highest BCUT2D eigenvalue weighted by Crippen LogP contribution is 2.58. The van der Waals surface area contributed by atoms with Crippen molar-refractivity contribution in [1.29, 1.82) is 0 Å². The van der Waals surface area contributed by atoms with Crippen molar-refractivity contribution in [1.82, 2.24) is 0 Å². The van der Waals surface area contributed by atoms with Gasteiger partial charge >= 0.3 is 48.3 Å². The summed E-state index contributed by atoms with van der Waals surface area (Å²) in [5, 5.41) is 0. The zero-order valence-electron chi connectivity index (χ0n) is 12.6. The van der Waals surface area contributed by atoms with Crippen molar-refractivity contribution in [2.45, 2.75) is 54.5 Å². The smallest absolute Gasteiger partial charge is 0.311 e. The van der Waals surface area contributed by atoms with Crippen LogP contribution in [0.5, 0.6) is 0 Å². The number of hydrogen-bond acceptors (Lipinski definition) is 1. The van der Waals surface area contributed by atoms with Crippen molar-refractivity contribution in [2.24, 2.45) is 0 Å². The van der Waals surface area contributed by atoms with Gasteiger partial charge < -0.3 is 4.74 Å². The summed E-state index contributed by atoms with van der Waals surface area (Å²) < 4.78 is 227. The first kappa shape index (κ1) is 27.7. The van der Waals surface area contributed by atoms with E-state index >= 15 is 0 Å². The van der Waals surface area contributed by atoms with Crippen LogP contribution in [-0.2, 0) is 4.74 Å². The Kier molecular flexibility index (Phi) is 7.10. The van der Waals surface area contributed by atoms with Crippen LogP contribution >= 0.6 is 0 Å². The molecule has 0 radical (unpaired) electrons. The van der Waals surface area contributed by atoms with E-state index in [2.05, 4.69) is 4.74 Å². The molecule has 0 rings (SSSR count). The normalized spacial score (nSPS) is 17.1. The fraction of sp³-hybridized carbons (Fsp3) is 1.00. The Morgan fingerprint density at radius 2 is 0.931 bits per heavy atom. The molecule has 19 heteroatoms. The average molecular weight is 482 g/mol. The largest absolute Gasteiger partial charge is 0.428 e. The third-order valence-electron chi connectivity index (χ3n) is 2.97. The van der Waals surface area contributed by atoms with Gasteiger partial charge in [-0.25, -0.2) is 13.2 Å². The maximum Gasteiger partial charge on any atom is 0.428 e. The van der Waals surface area contributed by atoms with Gasteiger partial charge in [0, 0.05) is 0 Å². The Morgan fingerprint density at radius 3 is 1.24 bits per heavy atom. The van der Waals surface area contributed by atoms with E-state index in [0.29, 0.717) is 0 Å². The van der Waals surface area contributed by atoms with Crippen LogP contribution in [0.1, 0.15) is 0 Å². The lowest BCUT2D eigenvalue weighted by atomic mass is 9.94. The highest BCUT2D eigenvalue weighted by molar-refractivity contribution is 5.09. The molecular formula is C10H4F18O. The Hall–Kier alpha value is -1.30. The van der Waals surface area contributed by atoms with E-state index in [-0.39, 0.29) is 0 Å². The van der Waals surface area contributed by atoms with Gasteiger partial charge in [0.1, 0.15) is 6.61 Å². The Morgan fingerprint density at radius 1 is 0.552 bits per heavy atom. The van der Waals surface area contributed by atoms with Gasteiger partial charge in [0.2, 0.25) is 0 Å². The molecule has 0 aromatic heterocycles. The van der Waals surface area contributed by atoms with Gasteiger partial charge in [-0.1, -0.05) is 0 Å². The summed E-state index contributed by atoms with van der Waals surface area (Å²) in [4.78, 5) is 0. The maximum atomic E-state index is 13.1. The van der Waals surface area contributed by atoms with Crippen LogP contribution in [0.25, 0.3) is 0 Å². The topological polar surface area (TPSA) is 9.23 Å². The maximum absolute atomic E-state index is 13.1. The molecule has 1 atom stereocenters. The number of rotatable bonds is 9. The van der Waals surface area contributed by atoms with E-state index in [0.717, 1.165) is 0 Å². The van der Waals surface area contributed by atoms with Crippen LogP contribution in [0.4, 0.5) is 79.0 Å². The highest BCUT2D eigenvalue weighted by atomic mass is 19.4. The summed E-state index contributed by atoms with van der Waals surface area (Å²) >= 11 is 0. The lowest BCUT2D eigenvalue weighted by Crippen LogP contribution is -2.69. The van der Waals surface area contributed by atoms with Gasteiger partial charge in [0.15, 0.2) is 0 Å². The van der Waals surface area contributed by atoms with E-state index in [1.54, 1.807) is 0 Å². The molecular weight excluding hydrogens is 478 g/mol. The zero-order valence-corrected chi connectivity index (χ0v) is 12.6. The van der Waals surface area contributed by atoms with Crippen molar-refractivity contribution in [3.05, 3.63) is 0 Å². The van der Waals surface area contributed by atoms with E-state index in [9.17, 15) is 79.0 Å². The first-order chi connectivity index (χ1) is 12.3. The van der Waals surface area contributed by atoms with E-state index in [4.69, 9.17) is 0 Å². The molecule has 0 bridgehead atoms. The molecule has 0 amide bonds. The van der Waals surface area contributed by atoms with Crippen molar-refractivity contribution in [3.8, 4) is 0 Å². The molecule has 0 fully saturated rings. The van der Waals surface area contributed by atoms with Crippen LogP contribution in [-0.4, -0.2) is 61.1 Å². The molecule has 0 saturated carbocycles. The Labute approximate surface area is 146 Å². The quantitative estimate of drug-likeness (QED) is 0.370. The lowest BCUT2D eigenvalue weighted by molar-refractivity contribution is -0.423. The van der Waals surface area contributed by atoms with Gasteiger partial charge in [-0.3, -0.25) is 0 Å². The molecule has 176 valence electrons. The second-order valence-electron chi connectivity index (χ2n) is 5.11. The monoisotopic (exact) mass is 482 g/mol. The molecule has 0 aliphatic heterocycles. The summed E-state index contributed by atoms with van der Waals surface area (Å²) in [7, 11) is 0. The van der Waals surface area contributed by atoms with E-state index in [1.165, 1.54) is 0 Å². The van der Waals surface area contributed by atoms with Crippen LogP contribution < -0.4 is 0 Å². The fourth-order valence-corrected chi connectivity index (χ4v) is 1.31. The highest BCUT2D eigenvalue weighted by Gasteiger charge is 2.88. The van der Waals surface area contributed by atoms with Gasteiger partial charge in [-0.05, 0) is 0 Å². The number of halogens is 18. The summed E-state index contributed by atoms with van der Waals surface area (Å²) in [6, 6.07) is 0. The van der Waals surface area contributed by atoms with Gasteiger partial charge in [0.05, 0.1) is 0 Å². The third kappa shape index (κ3) is 4.57. The standard InChI is InChI=1S/C10H4F18O/c11-2(6(18,19)20)7(21,22)29-1-4(14,15)8(23,24)10(27,28)9(25,26)5(16,17)3(12)13/h2-3H,1H2/t2-/m0/s1. The molecule has 0 spiro atoms. The summed E-state index contributed by atoms with van der Waals surface area (Å²) in [5.41, 5.74) is 0. The molecule has 0 aromatic rings. The van der Waals surface area contributed by atoms with Crippen LogP contribution in [0, 0.1) is 0 Å². The minimum Gasteiger partial charge on any atom is -0.311 e. The first-order valence-electron chi connectivity index (χ1n) is 6.20. The predicted molar refractivity (Wildman–Crippen MR) is 52.6 cm³/mol. The van der Waals surface area contributed by atoms with Crippen LogP contribution in [0.15, 0.2) is 0 Å². The van der Waals surface area contributed by atoms with Crippen molar-refractivity contribution >= 4 is 0 Å². The fourth-order valence-electron chi connectivity index (χ4n) is 1.31. The minimum atomic E-state index is -8.10. The number of ether oxygens (including phenoxy) is 1. The van der Waals surface area contributed by atoms with Crippen molar-refractivity contribution < 1.29 is 83.8 Å². The van der Waals surface area contributed by atoms with Gasteiger partial charge in [-0.15, -0.1) is 0 Å². The predicted octanol–water partition coefficient (Wildman–Crippen LogP) is 5.94. The lowest BCUT2D eigenvalue weighted by Gasteiger charge is -2.39. The first-order valence-corrected chi connectivity index (χ1v) is 6.20.